The van der Waals surface area contributed by atoms with Crippen molar-refractivity contribution in [2.75, 3.05) is 6.61 Å². The first kappa shape index (κ1) is 12.2. The van der Waals surface area contributed by atoms with Crippen molar-refractivity contribution < 1.29 is 5.11 Å². The number of hydrogen-bond acceptors (Lipinski definition) is 1. The van der Waals surface area contributed by atoms with Crippen LogP contribution in [0.3, 0.4) is 0 Å². The maximum Gasteiger partial charge on any atom is 0.0501 e. The maximum absolute atomic E-state index is 9.69. The second-order valence-electron chi connectivity index (χ2n) is 6.82. The number of aliphatic hydroxyl groups excluding tert-OH is 1. The molecule has 0 aliphatic heterocycles. The van der Waals surface area contributed by atoms with Crippen LogP contribution in [-0.4, -0.2) is 11.7 Å². The molecule has 1 saturated carbocycles. The molecule has 92 valence electrons. The predicted molar refractivity (Wildman–Crippen MR) is 68.2 cm³/mol. The standard InChI is InChI=1S/C15H26O/c1-11-6-7-13-14(2,3)8-5-9-15(13,4)12(11)10-16/h6,12-13,16H,5,7-10H2,1-4H3/t12-,13+,15+/m0/s1. The topological polar surface area (TPSA) is 20.2 Å². The predicted octanol–water partition coefficient (Wildman–Crippen LogP) is 3.78. The van der Waals surface area contributed by atoms with Crippen molar-refractivity contribution in [2.24, 2.45) is 22.7 Å². The highest BCUT2D eigenvalue weighted by Gasteiger charge is 2.51. The molecule has 3 atom stereocenters. The molecule has 0 amide bonds. The average molecular weight is 222 g/mol. The summed E-state index contributed by atoms with van der Waals surface area (Å²) < 4.78 is 0. The first-order chi connectivity index (χ1) is 7.42. The van der Waals surface area contributed by atoms with Crippen molar-refractivity contribution in [3.63, 3.8) is 0 Å². The smallest absolute Gasteiger partial charge is 0.0501 e. The van der Waals surface area contributed by atoms with Crippen molar-refractivity contribution in [1.29, 1.82) is 0 Å². The lowest BCUT2D eigenvalue weighted by Gasteiger charge is -2.56. The van der Waals surface area contributed by atoms with Gasteiger partial charge in [0.25, 0.3) is 0 Å². The van der Waals surface area contributed by atoms with E-state index in [-0.39, 0.29) is 0 Å². The number of fused-ring (bicyclic) bond motifs is 1. The molecule has 1 heteroatoms. The van der Waals surface area contributed by atoms with E-state index in [0.29, 0.717) is 23.4 Å². The van der Waals surface area contributed by atoms with Crippen LogP contribution in [0.15, 0.2) is 11.6 Å². The Morgan fingerprint density at radius 1 is 1.31 bits per heavy atom. The third kappa shape index (κ3) is 1.64. The molecule has 0 radical (unpaired) electrons. The summed E-state index contributed by atoms with van der Waals surface area (Å²) in [5.74, 6) is 1.14. The molecule has 0 spiro atoms. The van der Waals surface area contributed by atoms with E-state index in [9.17, 15) is 5.11 Å². The van der Waals surface area contributed by atoms with Crippen LogP contribution in [0.25, 0.3) is 0 Å². The van der Waals surface area contributed by atoms with Gasteiger partial charge in [-0.3, -0.25) is 0 Å². The Balaban J connectivity index is 2.39. The summed E-state index contributed by atoms with van der Waals surface area (Å²) in [7, 11) is 0. The minimum atomic E-state index is 0.325. The van der Waals surface area contributed by atoms with E-state index in [1.165, 1.54) is 31.3 Å². The van der Waals surface area contributed by atoms with E-state index in [1.54, 1.807) is 0 Å². The van der Waals surface area contributed by atoms with Crippen LogP contribution >= 0.6 is 0 Å². The van der Waals surface area contributed by atoms with Crippen molar-refractivity contribution >= 4 is 0 Å². The Hall–Kier alpha value is -0.300. The van der Waals surface area contributed by atoms with Gasteiger partial charge in [-0.1, -0.05) is 38.8 Å². The number of aliphatic hydroxyl groups is 1. The molecule has 0 saturated heterocycles. The fourth-order valence-corrected chi connectivity index (χ4v) is 4.49. The van der Waals surface area contributed by atoms with Crippen LogP contribution in [0.4, 0.5) is 0 Å². The summed E-state index contributed by atoms with van der Waals surface area (Å²) in [6, 6.07) is 0. The van der Waals surface area contributed by atoms with Gasteiger partial charge in [-0.05, 0) is 42.9 Å². The van der Waals surface area contributed by atoms with Gasteiger partial charge >= 0.3 is 0 Å². The van der Waals surface area contributed by atoms with E-state index in [0.717, 1.165) is 5.92 Å². The molecule has 2 aliphatic carbocycles. The summed E-state index contributed by atoms with van der Waals surface area (Å²) in [4.78, 5) is 0. The lowest BCUT2D eigenvalue weighted by molar-refractivity contribution is -0.0509. The number of hydrogen-bond donors (Lipinski definition) is 1. The highest BCUT2D eigenvalue weighted by atomic mass is 16.3. The quantitative estimate of drug-likeness (QED) is 0.669. The van der Waals surface area contributed by atoms with Crippen molar-refractivity contribution in [3.8, 4) is 0 Å². The second kappa shape index (κ2) is 3.87. The molecule has 1 nitrogen and oxygen atoms in total. The fraction of sp³-hybridized carbons (Fsp3) is 0.867. The Bertz CT molecular complexity index is 303. The Morgan fingerprint density at radius 2 is 2.00 bits per heavy atom. The van der Waals surface area contributed by atoms with Crippen LogP contribution in [0.2, 0.25) is 0 Å². The van der Waals surface area contributed by atoms with Gasteiger partial charge in [-0.2, -0.15) is 0 Å². The van der Waals surface area contributed by atoms with Gasteiger partial charge < -0.3 is 5.11 Å². The van der Waals surface area contributed by atoms with Crippen LogP contribution < -0.4 is 0 Å². The molecule has 16 heavy (non-hydrogen) atoms. The maximum atomic E-state index is 9.69. The first-order valence-corrected chi connectivity index (χ1v) is 6.69. The monoisotopic (exact) mass is 222 g/mol. The minimum absolute atomic E-state index is 0.325. The van der Waals surface area contributed by atoms with Crippen LogP contribution in [0.5, 0.6) is 0 Å². The van der Waals surface area contributed by atoms with Gasteiger partial charge in [0.05, 0.1) is 6.61 Å². The molecule has 0 aromatic carbocycles. The molecule has 0 unspecified atom stereocenters. The van der Waals surface area contributed by atoms with Crippen molar-refractivity contribution in [2.45, 2.75) is 53.4 Å². The van der Waals surface area contributed by atoms with Crippen molar-refractivity contribution in [1.82, 2.24) is 0 Å². The first-order valence-electron chi connectivity index (χ1n) is 6.69. The molecule has 0 heterocycles. The van der Waals surface area contributed by atoms with Crippen LogP contribution in [0.1, 0.15) is 53.4 Å². The number of allylic oxidation sites excluding steroid dienone is 1. The van der Waals surface area contributed by atoms with E-state index in [4.69, 9.17) is 0 Å². The molecular weight excluding hydrogens is 196 g/mol. The van der Waals surface area contributed by atoms with E-state index in [1.807, 2.05) is 0 Å². The molecular formula is C15H26O. The lowest BCUT2D eigenvalue weighted by atomic mass is 9.49. The summed E-state index contributed by atoms with van der Waals surface area (Å²) in [5, 5.41) is 9.69. The van der Waals surface area contributed by atoms with Crippen molar-refractivity contribution in [3.05, 3.63) is 11.6 Å². The molecule has 2 rings (SSSR count). The van der Waals surface area contributed by atoms with Gasteiger partial charge in [-0.15, -0.1) is 0 Å². The lowest BCUT2D eigenvalue weighted by Crippen LogP contribution is -2.49. The van der Waals surface area contributed by atoms with Gasteiger partial charge in [0.1, 0.15) is 0 Å². The van der Waals surface area contributed by atoms with Gasteiger partial charge in [0.15, 0.2) is 0 Å². The summed E-state index contributed by atoms with van der Waals surface area (Å²) >= 11 is 0. The number of rotatable bonds is 1. The van der Waals surface area contributed by atoms with Gasteiger partial charge in [-0.25, -0.2) is 0 Å². The van der Waals surface area contributed by atoms with Crippen LogP contribution in [-0.2, 0) is 0 Å². The second-order valence-corrected chi connectivity index (χ2v) is 6.82. The van der Waals surface area contributed by atoms with E-state index in [2.05, 4.69) is 33.8 Å². The Morgan fingerprint density at radius 3 is 2.62 bits per heavy atom. The van der Waals surface area contributed by atoms with Crippen LogP contribution in [0, 0.1) is 22.7 Å². The largest absolute Gasteiger partial charge is 0.396 e. The molecule has 1 fully saturated rings. The zero-order valence-electron chi connectivity index (χ0n) is 11.2. The molecule has 0 aromatic rings. The fourth-order valence-electron chi connectivity index (χ4n) is 4.49. The summed E-state index contributed by atoms with van der Waals surface area (Å²) in [6.07, 6.45) is 7.55. The molecule has 0 bridgehead atoms. The van der Waals surface area contributed by atoms with Gasteiger partial charge in [0, 0.05) is 5.92 Å². The van der Waals surface area contributed by atoms with E-state index >= 15 is 0 Å². The van der Waals surface area contributed by atoms with Gasteiger partial charge in [0.2, 0.25) is 0 Å². The normalized spacial score (nSPS) is 42.4. The zero-order valence-corrected chi connectivity index (χ0v) is 11.2. The summed E-state index contributed by atoms with van der Waals surface area (Å²) in [6.45, 7) is 9.77. The average Bonchev–Trinajstić information content (AvgIpc) is 2.15. The SMILES string of the molecule is CC1=CC[C@@H]2C(C)(C)CCC[C@]2(C)[C@H]1CO. The summed E-state index contributed by atoms with van der Waals surface area (Å²) in [5.41, 5.74) is 2.19. The molecule has 0 aromatic heterocycles. The molecule has 1 N–H and O–H groups in total. The van der Waals surface area contributed by atoms with E-state index < -0.39 is 0 Å². The third-order valence-electron chi connectivity index (χ3n) is 5.48. The Labute approximate surface area is 99.9 Å². The molecule has 2 aliphatic rings. The highest BCUT2D eigenvalue weighted by molar-refractivity contribution is 5.18. The minimum Gasteiger partial charge on any atom is -0.396 e. The zero-order chi connectivity index (χ0) is 12.0. The third-order valence-corrected chi connectivity index (χ3v) is 5.48. The highest BCUT2D eigenvalue weighted by Crippen LogP contribution is 2.59. The Kier molecular flexibility index (Phi) is 2.94.